The van der Waals surface area contributed by atoms with Gasteiger partial charge in [-0.15, -0.1) is 0 Å². The smallest absolute Gasteiger partial charge is 0.324 e. The van der Waals surface area contributed by atoms with Gasteiger partial charge in [0.15, 0.2) is 5.92 Å². The Hall–Kier alpha value is -1.78. The van der Waals surface area contributed by atoms with Crippen molar-refractivity contribution in [2.24, 2.45) is 0 Å². The molecule has 16 heavy (non-hydrogen) atoms. The van der Waals surface area contributed by atoms with E-state index in [2.05, 4.69) is 4.98 Å². The lowest BCUT2D eigenvalue weighted by atomic mass is 10.0. The predicted octanol–water partition coefficient (Wildman–Crippen LogP) is 1.22. The van der Waals surface area contributed by atoms with Crippen molar-refractivity contribution in [2.75, 3.05) is 13.2 Å². The monoisotopic (exact) mass is 225 g/mol. The van der Waals surface area contributed by atoms with Crippen LogP contribution in [0.25, 0.3) is 0 Å². The average molecular weight is 225 g/mol. The maximum atomic E-state index is 11.6. The van der Waals surface area contributed by atoms with E-state index in [1.54, 1.807) is 32.3 Å². The second-order valence-corrected chi connectivity index (χ2v) is 3.08. The van der Waals surface area contributed by atoms with E-state index in [4.69, 9.17) is 9.47 Å². The highest BCUT2D eigenvalue weighted by Crippen LogP contribution is 2.18. The van der Waals surface area contributed by atoms with Crippen molar-refractivity contribution in [3.63, 3.8) is 0 Å². The fourth-order valence-corrected chi connectivity index (χ4v) is 1.34. The van der Waals surface area contributed by atoms with Crippen LogP contribution in [0, 0.1) is 0 Å². The van der Waals surface area contributed by atoms with E-state index in [0.717, 1.165) is 0 Å². The van der Waals surface area contributed by atoms with Gasteiger partial charge in [0.2, 0.25) is 0 Å². The van der Waals surface area contributed by atoms with Crippen LogP contribution >= 0.6 is 0 Å². The minimum absolute atomic E-state index is 0.235. The maximum absolute atomic E-state index is 11.6. The molecule has 5 nitrogen and oxygen atoms in total. The van der Waals surface area contributed by atoms with Crippen LogP contribution in [-0.2, 0) is 19.1 Å². The highest BCUT2D eigenvalue weighted by molar-refractivity contribution is 6.00. The highest BCUT2D eigenvalue weighted by Gasteiger charge is 2.31. The van der Waals surface area contributed by atoms with E-state index < -0.39 is 17.9 Å². The van der Waals surface area contributed by atoms with Crippen LogP contribution in [0.4, 0.5) is 0 Å². The number of nitrogens with one attached hydrogen (secondary N) is 1. The quantitative estimate of drug-likeness (QED) is 0.604. The standard InChI is InChI=1S/C11H15NO4/c1-3-15-10(13)9(11(14)16-4-2)8-5-6-12-7-8/h5-7,9,12H,3-4H2,1-2H3. The van der Waals surface area contributed by atoms with E-state index >= 15 is 0 Å². The zero-order valence-electron chi connectivity index (χ0n) is 9.36. The number of hydrogen-bond donors (Lipinski definition) is 1. The van der Waals surface area contributed by atoms with Crippen molar-refractivity contribution in [1.29, 1.82) is 0 Å². The summed E-state index contributed by atoms with van der Waals surface area (Å²) in [5.74, 6) is -2.16. The SMILES string of the molecule is CCOC(=O)C(C(=O)OCC)c1cc[nH]c1. The van der Waals surface area contributed by atoms with Gasteiger partial charge in [0, 0.05) is 12.4 Å². The number of H-pyrrole nitrogens is 1. The third-order valence-corrected chi connectivity index (χ3v) is 2.00. The first-order chi connectivity index (χ1) is 7.70. The molecule has 0 bridgehead atoms. The zero-order valence-corrected chi connectivity index (χ0v) is 9.36. The van der Waals surface area contributed by atoms with Gasteiger partial charge in [0.05, 0.1) is 13.2 Å². The Morgan fingerprint density at radius 2 is 1.81 bits per heavy atom. The summed E-state index contributed by atoms with van der Waals surface area (Å²) >= 11 is 0. The van der Waals surface area contributed by atoms with E-state index in [0.29, 0.717) is 5.56 Å². The molecule has 1 heterocycles. The summed E-state index contributed by atoms with van der Waals surface area (Å²) in [4.78, 5) is 26.0. The second kappa shape index (κ2) is 5.95. The minimum Gasteiger partial charge on any atom is -0.465 e. The third-order valence-electron chi connectivity index (χ3n) is 2.00. The first kappa shape index (κ1) is 12.3. The Bertz CT molecular complexity index is 327. The Labute approximate surface area is 93.7 Å². The molecule has 0 unspecified atom stereocenters. The normalized spacial score (nSPS) is 10.2. The first-order valence-electron chi connectivity index (χ1n) is 5.16. The average Bonchev–Trinajstić information content (AvgIpc) is 2.72. The van der Waals surface area contributed by atoms with Crippen molar-refractivity contribution >= 4 is 11.9 Å². The molecule has 0 spiro atoms. The van der Waals surface area contributed by atoms with E-state index in [1.807, 2.05) is 0 Å². The van der Waals surface area contributed by atoms with Crippen molar-refractivity contribution in [1.82, 2.24) is 4.98 Å². The Balaban J connectivity index is 2.85. The molecule has 0 aliphatic carbocycles. The van der Waals surface area contributed by atoms with Gasteiger partial charge in [-0.1, -0.05) is 0 Å². The molecule has 88 valence electrons. The maximum Gasteiger partial charge on any atom is 0.324 e. The second-order valence-electron chi connectivity index (χ2n) is 3.08. The van der Waals surface area contributed by atoms with Crippen LogP contribution in [0.3, 0.4) is 0 Å². The molecule has 0 saturated carbocycles. The van der Waals surface area contributed by atoms with Gasteiger partial charge in [0.25, 0.3) is 0 Å². The van der Waals surface area contributed by atoms with Gasteiger partial charge in [-0.3, -0.25) is 9.59 Å². The van der Waals surface area contributed by atoms with Crippen LogP contribution < -0.4 is 0 Å². The Morgan fingerprint density at radius 1 is 1.25 bits per heavy atom. The highest BCUT2D eigenvalue weighted by atomic mass is 16.6. The molecule has 1 rings (SSSR count). The first-order valence-corrected chi connectivity index (χ1v) is 5.16. The molecule has 0 atom stereocenters. The van der Waals surface area contributed by atoms with Gasteiger partial charge in [-0.25, -0.2) is 0 Å². The molecule has 1 aromatic heterocycles. The lowest BCUT2D eigenvalue weighted by Gasteiger charge is -2.12. The minimum atomic E-state index is -0.994. The number of hydrogen-bond acceptors (Lipinski definition) is 4. The number of esters is 2. The topological polar surface area (TPSA) is 68.4 Å². The predicted molar refractivity (Wildman–Crippen MR) is 56.8 cm³/mol. The number of rotatable bonds is 5. The molecule has 0 radical (unpaired) electrons. The molecule has 1 N–H and O–H groups in total. The fraction of sp³-hybridized carbons (Fsp3) is 0.455. The van der Waals surface area contributed by atoms with E-state index in [1.165, 1.54) is 0 Å². The van der Waals surface area contributed by atoms with E-state index in [-0.39, 0.29) is 13.2 Å². The lowest BCUT2D eigenvalue weighted by Crippen LogP contribution is -2.25. The summed E-state index contributed by atoms with van der Waals surface area (Å²) in [5, 5.41) is 0. The summed E-state index contributed by atoms with van der Waals surface area (Å²) in [6.07, 6.45) is 3.22. The third kappa shape index (κ3) is 2.85. The summed E-state index contributed by atoms with van der Waals surface area (Å²) in [6, 6.07) is 1.65. The zero-order chi connectivity index (χ0) is 12.0. The summed E-state index contributed by atoms with van der Waals surface area (Å²) in [5.41, 5.74) is 0.553. The molecule has 0 saturated heterocycles. The van der Waals surface area contributed by atoms with Crippen molar-refractivity contribution in [3.8, 4) is 0 Å². The molecular weight excluding hydrogens is 210 g/mol. The number of carbonyl (C=O) groups is 2. The van der Waals surface area contributed by atoms with Gasteiger partial charge in [0.1, 0.15) is 0 Å². The van der Waals surface area contributed by atoms with Gasteiger partial charge in [-0.05, 0) is 25.5 Å². The van der Waals surface area contributed by atoms with Crippen LogP contribution in [0.1, 0.15) is 25.3 Å². The number of ether oxygens (including phenoxy) is 2. The molecule has 0 aliphatic rings. The molecule has 5 heteroatoms. The Morgan fingerprint density at radius 3 is 2.19 bits per heavy atom. The number of aromatic nitrogens is 1. The number of aromatic amines is 1. The van der Waals surface area contributed by atoms with Crippen LogP contribution in [0.5, 0.6) is 0 Å². The van der Waals surface area contributed by atoms with Crippen molar-refractivity contribution < 1.29 is 19.1 Å². The van der Waals surface area contributed by atoms with Crippen LogP contribution in [0.15, 0.2) is 18.5 Å². The summed E-state index contributed by atoms with van der Waals surface area (Å²) in [6.45, 7) is 3.85. The summed E-state index contributed by atoms with van der Waals surface area (Å²) < 4.78 is 9.68. The van der Waals surface area contributed by atoms with Crippen molar-refractivity contribution in [3.05, 3.63) is 24.0 Å². The van der Waals surface area contributed by atoms with Gasteiger partial charge < -0.3 is 14.5 Å². The van der Waals surface area contributed by atoms with Crippen molar-refractivity contribution in [2.45, 2.75) is 19.8 Å². The van der Waals surface area contributed by atoms with E-state index in [9.17, 15) is 9.59 Å². The molecule has 0 aromatic carbocycles. The van der Waals surface area contributed by atoms with Crippen LogP contribution in [0.2, 0.25) is 0 Å². The molecular formula is C11H15NO4. The Kier molecular flexibility index (Phi) is 4.57. The van der Waals surface area contributed by atoms with Crippen LogP contribution in [-0.4, -0.2) is 30.1 Å². The molecule has 0 fully saturated rings. The molecule has 1 aromatic rings. The molecule has 0 amide bonds. The van der Waals surface area contributed by atoms with Gasteiger partial charge in [-0.2, -0.15) is 0 Å². The fourth-order valence-electron chi connectivity index (χ4n) is 1.34. The largest absolute Gasteiger partial charge is 0.465 e. The lowest BCUT2D eigenvalue weighted by molar-refractivity contribution is -0.156. The van der Waals surface area contributed by atoms with Gasteiger partial charge >= 0.3 is 11.9 Å². The molecule has 0 aliphatic heterocycles. The number of carbonyl (C=O) groups excluding carboxylic acids is 2. The summed E-state index contributed by atoms with van der Waals surface area (Å²) in [7, 11) is 0.